The Morgan fingerprint density at radius 1 is 1.33 bits per heavy atom. The first-order valence-corrected chi connectivity index (χ1v) is 5.91. The third-order valence-corrected chi connectivity index (χ3v) is 2.66. The van der Waals surface area contributed by atoms with Crippen LogP contribution in [0.4, 0.5) is 10.2 Å². The number of nitrogens with two attached hydrogens (primary N) is 1. The minimum atomic E-state index is -0.736. The summed E-state index contributed by atoms with van der Waals surface area (Å²) >= 11 is 0. The molecule has 0 fully saturated rings. The molecular weight excluding hydrogens is 281 g/mol. The summed E-state index contributed by atoms with van der Waals surface area (Å²) in [5, 5.41) is 6.30. The summed E-state index contributed by atoms with van der Waals surface area (Å²) in [5.41, 5.74) is 0.828. The van der Waals surface area contributed by atoms with E-state index in [4.69, 9.17) is 20.1 Å². The highest BCUT2D eigenvalue weighted by atomic mass is 19.1. The first-order valence-electron chi connectivity index (χ1n) is 5.91. The van der Waals surface area contributed by atoms with Crippen LogP contribution in [0, 0.1) is 5.82 Å². The number of ether oxygens (including phenoxy) is 3. The van der Waals surface area contributed by atoms with Crippen LogP contribution < -0.4 is 20.1 Å². The molecule has 1 aromatic carbocycles. The van der Waals surface area contributed by atoms with Crippen LogP contribution in [0.1, 0.15) is 5.56 Å². The van der Waals surface area contributed by atoms with Crippen molar-refractivity contribution in [1.82, 2.24) is 9.97 Å². The molecule has 3 rings (SSSR count). The Morgan fingerprint density at radius 2 is 2.19 bits per heavy atom. The van der Waals surface area contributed by atoms with Gasteiger partial charge in [0.1, 0.15) is 6.61 Å². The molecule has 1 aromatic heterocycles. The van der Waals surface area contributed by atoms with Gasteiger partial charge in [0.15, 0.2) is 17.3 Å². The molecular formula is C12H10FN5O3. The molecule has 1 aliphatic rings. The second-order valence-electron chi connectivity index (χ2n) is 4.02. The lowest BCUT2D eigenvalue weighted by atomic mass is 10.2. The van der Waals surface area contributed by atoms with E-state index >= 15 is 0 Å². The number of aromatic nitrogens is 2. The molecule has 0 spiro atoms. The highest BCUT2D eigenvalue weighted by Crippen LogP contribution is 2.32. The van der Waals surface area contributed by atoms with Crippen molar-refractivity contribution in [2.75, 3.05) is 6.79 Å². The maximum absolute atomic E-state index is 13.2. The fraction of sp³-hybridized carbons (Fsp3) is 0.167. The van der Waals surface area contributed by atoms with Crippen molar-refractivity contribution in [3.8, 4) is 17.5 Å². The predicted octanol–water partition coefficient (Wildman–Crippen LogP) is 1.88. The Kier molecular flexibility index (Phi) is 3.46. The third-order valence-electron chi connectivity index (χ3n) is 2.66. The zero-order chi connectivity index (χ0) is 14.7. The molecule has 9 heteroatoms. The van der Waals surface area contributed by atoms with E-state index in [0.29, 0.717) is 11.5 Å². The van der Waals surface area contributed by atoms with Gasteiger partial charge < -0.3 is 20.1 Å². The van der Waals surface area contributed by atoms with Crippen LogP contribution in [0.5, 0.6) is 17.5 Å². The number of hydrogen-bond acceptors (Lipinski definition) is 7. The second kappa shape index (κ2) is 5.57. The van der Waals surface area contributed by atoms with Crippen LogP contribution in [0.2, 0.25) is 0 Å². The Balaban J connectivity index is 1.71. The lowest BCUT2D eigenvalue weighted by molar-refractivity contribution is 0.174. The summed E-state index contributed by atoms with van der Waals surface area (Å²) in [7, 11) is 0. The van der Waals surface area contributed by atoms with Gasteiger partial charge in [-0.25, -0.2) is 9.37 Å². The minimum Gasteiger partial charge on any atom is -0.459 e. The standard InChI is InChI=1S/C12H10FN5O3/c13-8-4-15-12(16-11(8)17-18-14)19-5-7-1-2-9-10(3-7)21-6-20-9/h1-4H,5-6H2,(H2,14,15,16,17). The summed E-state index contributed by atoms with van der Waals surface area (Å²) in [6, 6.07) is 5.35. The van der Waals surface area contributed by atoms with Crippen molar-refractivity contribution in [1.29, 1.82) is 0 Å². The van der Waals surface area contributed by atoms with Crippen LogP contribution in [0.3, 0.4) is 0 Å². The average Bonchev–Trinajstić information content (AvgIpc) is 2.96. The summed E-state index contributed by atoms with van der Waals surface area (Å²) in [5.74, 6) is 5.17. The summed E-state index contributed by atoms with van der Waals surface area (Å²) in [6.07, 6.45) is 0.936. The zero-order valence-electron chi connectivity index (χ0n) is 10.7. The van der Waals surface area contributed by atoms with Gasteiger partial charge >= 0.3 is 6.01 Å². The maximum atomic E-state index is 13.2. The molecule has 1 aliphatic heterocycles. The molecule has 2 aromatic rings. The SMILES string of the molecule is NN=Nc1nc(OCc2ccc3c(c2)OCO3)ncc1F. The molecule has 0 atom stereocenters. The van der Waals surface area contributed by atoms with Crippen molar-refractivity contribution in [3.05, 3.63) is 35.8 Å². The second-order valence-corrected chi connectivity index (χ2v) is 4.02. The van der Waals surface area contributed by atoms with E-state index in [1.54, 1.807) is 12.1 Å². The van der Waals surface area contributed by atoms with Gasteiger partial charge in [0.2, 0.25) is 12.6 Å². The maximum Gasteiger partial charge on any atom is 0.318 e. The van der Waals surface area contributed by atoms with Crippen LogP contribution >= 0.6 is 0 Å². The lowest BCUT2D eigenvalue weighted by Crippen LogP contribution is -2.00. The van der Waals surface area contributed by atoms with Crippen LogP contribution in [-0.2, 0) is 6.61 Å². The van der Waals surface area contributed by atoms with Crippen LogP contribution in [-0.4, -0.2) is 16.8 Å². The number of benzene rings is 1. The number of nitrogens with zero attached hydrogens (tertiary/aromatic N) is 4. The van der Waals surface area contributed by atoms with Gasteiger partial charge in [-0.05, 0) is 17.7 Å². The Bertz CT molecular complexity index is 695. The molecule has 2 N–H and O–H groups in total. The molecule has 0 amide bonds. The van der Waals surface area contributed by atoms with Gasteiger partial charge in [-0.3, -0.25) is 0 Å². The van der Waals surface area contributed by atoms with Crippen LogP contribution in [0.15, 0.2) is 34.7 Å². The number of fused-ring (bicyclic) bond motifs is 1. The number of hydrogen-bond donors (Lipinski definition) is 1. The molecule has 0 radical (unpaired) electrons. The van der Waals surface area contributed by atoms with E-state index in [2.05, 4.69) is 20.3 Å². The van der Waals surface area contributed by atoms with Gasteiger partial charge in [-0.15, -0.1) is 5.11 Å². The quantitative estimate of drug-likeness (QED) is 0.524. The van der Waals surface area contributed by atoms with Gasteiger partial charge in [-0.2, -0.15) is 4.98 Å². The van der Waals surface area contributed by atoms with Crippen molar-refractivity contribution in [2.45, 2.75) is 6.61 Å². The lowest BCUT2D eigenvalue weighted by Gasteiger charge is -2.05. The molecule has 0 aliphatic carbocycles. The molecule has 0 unspecified atom stereocenters. The van der Waals surface area contributed by atoms with Crippen molar-refractivity contribution in [2.24, 2.45) is 16.2 Å². The Hall–Kier alpha value is -2.97. The molecule has 2 heterocycles. The highest BCUT2D eigenvalue weighted by Gasteiger charge is 2.14. The fourth-order valence-corrected chi connectivity index (χ4v) is 1.72. The first-order chi connectivity index (χ1) is 10.3. The van der Waals surface area contributed by atoms with Crippen LogP contribution in [0.25, 0.3) is 0 Å². The average molecular weight is 291 g/mol. The Labute approximate surface area is 118 Å². The molecule has 8 nitrogen and oxygen atoms in total. The van der Waals surface area contributed by atoms with E-state index < -0.39 is 5.82 Å². The molecule has 0 saturated carbocycles. The highest BCUT2D eigenvalue weighted by molar-refractivity contribution is 5.44. The summed E-state index contributed by atoms with van der Waals surface area (Å²) < 4.78 is 29.1. The van der Waals surface area contributed by atoms with E-state index in [-0.39, 0.29) is 25.2 Å². The van der Waals surface area contributed by atoms with Crippen molar-refractivity contribution in [3.63, 3.8) is 0 Å². The van der Waals surface area contributed by atoms with Gasteiger partial charge in [-0.1, -0.05) is 11.3 Å². The largest absolute Gasteiger partial charge is 0.459 e. The summed E-state index contributed by atoms with van der Waals surface area (Å²) in [6.45, 7) is 0.385. The predicted molar refractivity (Wildman–Crippen MR) is 67.6 cm³/mol. The molecule has 21 heavy (non-hydrogen) atoms. The Morgan fingerprint density at radius 3 is 3.05 bits per heavy atom. The van der Waals surface area contributed by atoms with Crippen molar-refractivity contribution < 1.29 is 18.6 Å². The van der Waals surface area contributed by atoms with E-state index in [0.717, 1.165) is 11.8 Å². The van der Waals surface area contributed by atoms with Crippen molar-refractivity contribution >= 4 is 5.82 Å². The monoisotopic (exact) mass is 291 g/mol. The van der Waals surface area contributed by atoms with E-state index in [9.17, 15) is 4.39 Å². The van der Waals surface area contributed by atoms with Gasteiger partial charge in [0.25, 0.3) is 0 Å². The van der Waals surface area contributed by atoms with Gasteiger partial charge in [0.05, 0.1) is 6.20 Å². The topological polar surface area (TPSA) is 104 Å². The zero-order valence-corrected chi connectivity index (χ0v) is 10.7. The van der Waals surface area contributed by atoms with Gasteiger partial charge in [0, 0.05) is 0 Å². The molecule has 0 bridgehead atoms. The van der Waals surface area contributed by atoms with E-state index in [1.807, 2.05) is 6.07 Å². The smallest absolute Gasteiger partial charge is 0.318 e. The number of rotatable bonds is 4. The first kappa shape index (κ1) is 13.0. The normalized spacial score (nSPS) is 12.8. The molecule has 0 saturated heterocycles. The third kappa shape index (κ3) is 2.81. The van der Waals surface area contributed by atoms with E-state index in [1.165, 1.54) is 0 Å². The molecule has 108 valence electrons. The minimum absolute atomic E-state index is 0.0310. The summed E-state index contributed by atoms with van der Waals surface area (Å²) in [4.78, 5) is 7.45. The fourth-order valence-electron chi connectivity index (χ4n) is 1.72. The number of halogens is 1.